The standard InChI is InChI=1S/C12H17BrN2S/c13-11-6-5-10(16-11)7-9-15-12-4-2-1-3-8-14-12/h5-6H,1-4,7-9H2,(H,14,15). The zero-order valence-electron chi connectivity index (χ0n) is 9.34. The Balaban J connectivity index is 1.73. The number of hydrogen-bond acceptors (Lipinski definition) is 3. The Labute approximate surface area is 109 Å². The molecule has 1 aliphatic heterocycles. The zero-order chi connectivity index (χ0) is 11.2. The van der Waals surface area contributed by atoms with Crippen molar-refractivity contribution in [3.05, 3.63) is 20.8 Å². The van der Waals surface area contributed by atoms with Crippen molar-refractivity contribution < 1.29 is 0 Å². The van der Waals surface area contributed by atoms with Crippen molar-refractivity contribution in [2.45, 2.75) is 32.1 Å². The van der Waals surface area contributed by atoms with Crippen molar-refractivity contribution in [3.63, 3.8) is 0 Å². The maximum Gasteiger partial charge on any atom is 0.0963 e. The van der Waals surface area contributed by atoms with Gasteiger partial charge in [-0.05, 0) is 47.3 Å². The lowest BCUT2D eigenvalue weighted by Crippen LogP contribution is -2.25. The van der Waals surface area contributed by atoms with Crippen molar-refractivity contribution in [1.82, 2.24) is 5.32 Å². The summed E-state index contributed by atoms with van der Waals surface area (Å²) in [5.41, 5.74) is 0. The summed E-state index contributed by atoms with van der Waals surface area (Å²) in [6.07, 6.45) is 6.09. The number of halogens is 1. The van der Waals surface area contributed by atoms with Crippen LogP contribution in [0.25, 0.3) is 0 Å². The molecule has 2 heterocycles. The molecule has 0 amide bonds. The maximum atomic E-state index is 4.56. The van der Waals surface area contributed by atoms with Crippen molar-refractivity contribution in [3.8, 4) is 0 Å². The van der Waals surface area contributed by atoms with Crippen molar-refractivity contribution in [2.75, 3.05) is 13.1 Å². The van der Waals surface area contributed by atoms with E-state index >= 15 is 0 Å². The zero-order valence-corrected chi connectivity index (χ0v) is 11.7. The third-order valence-electron chi connectivity index (χ3n) is 2.70. The largest absolute Gasteiger partial charge is 0.373 e. The van der Waals surface area contributed by atoms with Gasteiger partial charge >= 0.3 is 0 Å². The monoisotopic (exact) mass is 300 g/mol. The minimum atomic E-state index is 1.01. The molecule has 0 atom stereocenters. The maximum absolute atomic E-state index is 4.56. The topological polar surface area (TPSA) is 24.4 Å². The summed E-state index contributed by atoms with van der Waals surface area (Å²) in [6, 6.07) is 4.30. The Morgan fingerprint density at radius 1 is 1.31 bits per heavy atom. The second kappa shape index (κ2) is 6.40. The van der Waals surface area contributed by atoms with Gasteiger partial charge in [0.05, 0.1) is 9.62 Å². The van der Waals surface area contributed by atoms with Gasteiger partial charge < -0.3 is 5.32 Å². The Bertz CT molecular complexity index is 360. The highest BCUT2D eigenvalue weighted by atomic mass is 79.9. The highest BCUT2D eigenvalue weighted by Gasteiger charge is 2.03. The summed E-state index contributed by atoms with van der Waals surface area (Å²) in [5.74, 6) is 1.22. The van der Waals surface area contributed by atoms with Crippen molar-refractivity contribution in [1.29, 1.82) is 0 Å². The van der Waals surface area contributed by atoms with E-state index < -0.39 is 0 Å². The SMILES string of the molecule is Brc1ccc(CCNC2=NCCCCC2)s1. The summed E-state index contributed by atoms with van der Waals surface area (Å²) >= 11 is 5.30. The average Bonchev–Trinajstić information content (AvgIpc) is 2.54. The molecule has 0 saturated heterocycles. The molecule has 0 saturated carbocycles. The fourth-order valence-corrected chi connectivity index (χ4v) is 3.32. The normalized spacial score (nSPS) is 16.7. The predicted octanol–water partition coefficient (Wildman–Crippen LogP) is 3.62. The van der Waals surface area contributed by atoms with Gasteiger partial charge in [0.25, 0.3) is 0 Å². The van der Waals surface area contributed by atoms with E-state index in [-0.39, 0.29) is 0 Å². The number of hydrogen-bond donors (Lipinski definition) is 1. The highest BCUT2D eigenvalue weighted by molar-refractivity contribution is 9.11. The van der Waals surface area contributed by atoms with Crippen LogP contribution in [0.4, 0.5) is 0 Å². The molecule has 0 radical (unpaired) electrons. The molecule has 1 aromatic heterocycles. The third kappa shape index (κ3) is 3.91. The summed E-state index contributed by atoms with van der Waals surface area (Å²) in [4.78, 5) is 5.98. The van der Waals surface area contributed by atoms with Gasteiger partial charge in [0.15, 0.2) is 0 Å². The lowest BCUT2D eigenvalue weighted by atomic mass is 10.2. The van der Waals surface area contributed by atoms with Gasteiger partial charge in [-0.3, -0.25) is 4.99 Å². The fraction of sp³-hybridized carbons (Fsp3) is 0.583. The molecular formula is C12H17BrN2S. The van der Waals surface area contributed by atoms with Crippen LogP contribution in [0.3, 0.4) is 0 Å². The molecule has 0 aromatic carbocycles. The van der Waals surface area contributed by atoms with Crippen LogP contribution in [-0.2, 0) is 6.42 Å². The van der Waals surface area contributed by atoms with Crippen LogP contribution in [0.5, 0.6) is 0 Å². The molecular weight excluding hydrogens is 284 g/mol. The minimum Gasteiger partial charge on any atom is -0.373 e. The van der Waals surface area contributed by atoms with Crippen LogP contribution in [0.1, 0.15) is 30.6 Å². The van der Waals surface area contributed by atoms with Gasteiger partial charge in [-0.25, -0.2) is 0 Å². The van der Waals surface area contributed by atoms with E-state index in [0.717, 1.165) is 25.9 Å². The predicted molar refractivity (Wildman–Crippen MR) is 74.5 cm³/mol. The number of nitrogens with zero attached hydrogens (tertiary/aromatic N) is 1. The second-order valence-corrected chi connectivity index (χ2v) is 6.57. The first kappa shape index (κ1) is 12.1. The van der Waals surface area contributed by atoms with Gasteiger partial charge in [0.1, 0.15) is 0 Å². The van der Waals surface area contributed by atoms with E-state index in [1.165, 1.54) is 33.8 Å². The molecule has 88 valence electrons. The first-order chi connectivity index (χ1) is 7.84. The molecule has 0 spiro atoms. The lowest BCUT2D eigenvalue weighted by Gasteiger charge is -2.06. The van der Waals surface area contributed by atoms with E-state index in [0.29, 0.717) is 0 Å². The van der Waals surface area contributed by atoms with Crippen LogP contribution in [0, 0.1) is 0 Å². The molecule has 0 bridgehead atoms. The van der Waals surface area contributed by atoms with Crippen LogP contribution in [0.15, 0.2) is 20.9 Å². The molecule has 1 N–H and O–H groups in total. The minimum absolute atomic E-state index is 1.01. The van der Waals surface area contributed by atoms with E-state index in [9.17, 15) is 0 Å². The Hall–Kier alpha value is -0.350. The van der Waals surface area contributed by atoms with Crippen LogP contribution < -0.4 is 5.32 Å². The van der Waals surface area contributed by atoms with Gasteiger partial charge in [0, 0.05) is 24.4 Å². The van der Waals surface area contributed by atoms with Gasteiger partial charge in [-0.1, -0.05) is 6.42 Å². The molecule has 2 nitrogen and oxygen atoms in total. The molecule has 1 aromatic rings. The Morgan fingerprint density at radius 3 is 3.06 bits per heavy atom. The number of rotatable bonds is 3. The fourth-order valence-electron chi connectivity index (χ4n) is 1.83. The van der Waals surface area contributed by atoms with E-state index in [2.05, 4.69) is 38.4 Å². The average molecular weight is 301 g/mol. The molecule has 4 heteroatoms. The number of nitrogens with one attached hydrogen (secondary N) is 1. The molecule has 0 unspecified atom stereocenters. The van der Waals surface area contributed by atoms with E-state index in [1.54, 1.807) is 0 Å². The third-order valence-corrected chi connectivity index (χ3v) is 4.39. The Morgan fingerprint density at radius 2 is 2.25 bits per heavy atom. The molecule has 2 rings (SSSR count). The summed E-state index contributed by atoms with van der Waals surface area (Å²) in [7, 11) is 0. The molecule has 16 heavy (non-hydrogen) atoms. The summed E-state index contributed by atoms with van der Waals surface area (Å²) < 4.78 is 1.22. The number of aliphatic imine (C=N–C) groups is 1. The van der Waals surface area contributed by atoms with Crippen molar-refractivity contribution in [2.24, 2.45) is 4.99 Å². The molecule has 1 aliphatic rings. The highest BCUT2D eigenvalue weighted by Crippen LogP contribution is 2.22. The number of amidine groups is 1. The van der Waals surface area contributed by atoms with Gasteiger partial charge in [-0.2, -0.15) is 0 Å². The second-order valence-electron chi connectivity index (χ2n) is 4.02. The van der Waals surface area contributed by atoms with Gasteiger partial charge in [0.2, 0.25) is 0 Å². The summed E-state index contributed by atoms with van der Waals surface area (Å²) in [6.45, 7) is 2.01. The number of thiophene rings is 1. The van der Waals surface area contributed by atoms with Gasteiger partial charge in [-0.15, -0.1) is 11.3 Å². The summed E-state index contributed by atoms with van der Waals surface area (Å²) in [5, 5.41) is 3.46. The van der Waals surface area contributed by atoms with Crippen LogP contribution in [0.2, 0.25) is 0 Å². The lowest BCUT2D eigenvalue weighted by molar-refractivity contribution is 0.728. The molecule has 0 aliphatic carbocycles. The van der Waals surface area contributed by atoms with E-state index in [1.807, 2.05) is 11.3 Å². The Kier molecular flexibility index (Phi) is 4.85. The first-order valence-corrected chi connectivity index (χ1v) is 7.47. The quantitative estimate of drug-likeness (QED) is 0.906. The molecule has 0 fully saturated rings. The van der Waals surface area contributed by atoms with Crippen LogP contribution in [-0.4, -0.2) is 18.9 Å². The first-order valence-electron chi connectivity index (χ1n) is 5.86. The van der Waals surface area contributed by atoms with E-state index in [4.69, 9.17) is 0 Å². The van der Waals surface area contributed by atoms with Crippen molar-refractivity contribution >= 4 is 33.1 Å². The van der Waals surface area contributed by atoms with Crippen LogP contribution >= 0.6 is 27.3 Å². The smallest absolute Gasteiger partial charge is 0.0963 e.